The highest BCUT2D eigenvalue weighted by atomic mass is 16.7. The lowest BCUT2D eigenvalue weighted by Gasteiger charge is -2.45. The summed E-state index contributed by atoms with van der Waals surface area (Å²) < 4.78 is 27.7. The van der Waals surface area contributed by atoms with E-state index in [1.54, 1.807) is 0 Å². The van der Waals surface area contributed by atoms with Crippen molar-refractivity contribution in [2.75, 3.05) is 13.2 Å². The molecule has 2 aromatic carbocycles. The molecule has 16 nitrogen and oxygen atoms in total. The van der Waals surface area contributed by atoms with E-state index in [4.69, 9.17) is 23.4 Å². The molecular weight excluding hydrogens is 580 g/mol. The Morgan fingerprint density at radius 2 is 1.37 bits per heavy atom. The molecule has 16 heteroatoms. The van der Waals surface area contributed by atoms with Crippen molar-refractivity contribution in [1.29, 1.82) is 0 Å². The van der Waals surface area contributed by atoms with Gasteiger partial charge in [0.25, 0.3) is 0 Å². The lowest BCUT2D eigenvalue weighted by Crippen LogP contribution is -2.65. The molecule has 2 aliphatic rings. The zero-order chi connectivity index (χ0) is 31.2. The van der Waals surface area contributed by atoms with E-state index in [1.807, 2.05) is 0 Å². The number of aliphatic hydroxyl groups excluding tert-OH is 7. The van der Waals surface area contributed by atoms with Crippen molar-refractivity contribution in [3.63, 3.8) is 0 Å². The van der Waals surface area contributed by atoms with Crippen molar-refractivity contribution in [3.05, 3.63) is 46.6 Å². The maximum absolute atomic E-state index is 12.7. The summed E-state index contributed by atoms with van der Waals surface area (Å²) in [6.45, 7) is -1.54. The van der Waals surface area contributed by atoms with Crippen LogP contribution in [0.1, 0.15) is 0 Å². The van der Waals surface area contributed by atoms with Crippen LogP contribution in [0.3, 0.4) is 0 Å². The minimum Gasteiger partial charge on any atom is -0.507 e. The van der Waals surface area contributed by atoms with Crippen molar-refractivity contribution in [2.24, 2.45) is 0 Å². The number of benzene rings is 2. The van der Waals surface area contributed by atoms with Crippen LogP contribution < -0.4 is 10.2 Å². The fourth-order valence-corrected chi connectivity index (χ4v) is 4.92. The number of rotatable bonds is 7. The van der Waals surface area contributed by atoms with E-state index in [-0.39, 0.29) is 28.0 Å². The average molecular weight is 611 g/mol. The average Bonchev–Trinajstić information content (AvgIpc) is 2.97. The lowest BCUT2D eigenvalue weighted by atomic mass is 9.97. The predicted molar refractivity (Wildman–Crippen MR) is 140 cm³/mol. The van der Waals surface area contributed by atoms with Crippen LogP contribution in [-0.2, 0) is 14.2 Å². The van der Waals surface area contributed by atoms with E-state index < -0.39 is 97.3 Å². The van der Waals surface area contributed by atoms with Gasteiger partial charge in [0, 0.05) is 23.8 Å². The van der Waals surface area contributed by atoms with Crippen molar-refractivity contribution in [2.45, 2.75) is 61.4 Å². The lowest BCUT2D eigenvalue weighted by molar-refractivity contribution is -0.352. The topological polar surface area (TPSA) is 269 Å². The highest BCUT2D eigenvalue weighted by Crippen LogP contribution is 2.36. The molecule has 0 spiro atoms. The summed E-state index contributed by atoms with van der Waals surface area (Å²) >= 11 is 0. The van der Waals surface area contributed by atoms with Crippen molar-refractivity contribution in [1.82, 2.24) is 0 Å². The van der Waals surface area contributed by atoms with Gasteiger partial charge < -0.3 is 74.4 Å². The second-order valence-electron chi connectivity index (χ2n) is 10.1. The number of phenols is 3. The van der Waals surface area contributed by atoms with Gasteiger partial charge in [-0.15, -0.1) is 0 Å². The second-order valence-corrected chi connectivity index (χ2v) is 10.1. The van der Waals surface area contributed by atoms with Crippen LogP contribution in [0.2, 0.25) is 0 Å². The number of aliphatic hydroxyl groups is 7. The number of hydrogen-bond donors (Lipinski definition) is 10. The van der Waals surface area contributed by atoms with Gasteiger partial charge in [0.05, 0.1) is 13.2 Å². The summed E-state index contributed by atoms with van der Waals surface area (Å²) in [6, 6.07) is 7.01. The molecule has 0 bridgehead atoms. The highest BCUT2D eigenvalue weighted by molar-refractivity contribution is 5.86. The summed E-state index contributed by atoms with van der Waals surface area (Å²) in [5.41, 5.74) is -0.588. The molecule has 0 radical (unpaired) electrons. The number of fused-ring (bicyclic) bond motifs is 1. The highest BCUT2D eigenvalue weighted by Gasteiger charge is 2.51. The molecule has 5 rings (SSSR count). The largest absolute Gasteiger partial charge is 0.507 e. The van der Waals surface area contributed by atoms with Crippen molar-refractivity contribution >= 4 is 11.0 Å². The van der Waals surface area contributed by atoms with Gasteiger partial charge in [-0.1, -0.05) is 0 Å². The van der Waals surface area contributed by atoms with E-state index in [2.05, 4.69) is 0 Å². The zero-order valence-corrected chi connectivity index (χ0v) is 22.1. The molecular formula is C27H30O16. The molecule has 10 atom stereocenters. The van der Waals surface area contributed by atoms with Gasteiger partial charge in [0.15, 0.2) is 23.2 Å². The Morgan fingerprint density at radius 1 is 0.698 bits per heavy atom. The fourth-order valence-electron chi connectivity index (χ4n) is 4.92. The molecule has 3 aromatic rings. The van der Waals surface area contributed by atoms with Crippen LogP contribution in [0.15, 0.2) is 45.6 Å². The number of hydrogen-bond acceptors (Lipinski definition) is 16. The van der Waals surface area contributed by atoms with Crippen LogP contribution in [0.5, 0.6) is 23.0 Å². The first-order valence-corrected chi connectivity index (χ1v) is 13.0. The standard InChI is InChI=1S/C27H30O16/c28-7-17-20(34)21(35)23(37)27(41-17)43-25-18(8-29)42-26(24(38)22(25)36)39-10-4-13(32)19-14(33)6-15(40-16(19)5-10)9-1-2-11(30)12(31)3-9/h1-6,17-18,20-32,34-38H,7-8H2/t17-,18-,20-,21+,22-,23-,24-,25+,26-,27+/m1/s1. The molecule has 3 heterocycles. The SMILES string of the molecule is O=c1cc(-c2ccc(O)c(O)c2)oc2cc(O[C@@H]3O[C@H](CO)[C@H](O[C@@H]4O[C@H](CO)[C@@H](O)[C@H](O)[C@H]4O)[C@H](O)[C@H]3O)cc(O)c12. The quantitative estimate of drug-likeness (QED) is 0.125. The first-order chi connectivity index (χ1) is 20.4. The fraction of sp³-hybridized carbons (Fsp3) is 0.444. The molecule has 2 aliphatic heterocycles. The molecule has 0 amide bonds. The molecule has 0 saturated carbocycles. The van der Waals surface area contributed by atoms with Crippen LogP contribution >= 0.6 is 0 Å². The molecule has 0 unspecified atom stereocenters. The summed E-state index contributed by atoms with van der Waals surface area (Å²) in [7, 11) is 0. The summed E-state index contributed by atoms with van der Waals surface area (Å²) in [6.07, 6.45) is -16.7. The minimum absolute atomic E-state index is 0.0257. The van der Waals surface area contributed by atoms with Gasteiger partial charge in [0.1, 0.15) is 77.1 Å². The Morgan fingerprint density at radius 3 is 2.05 bits per heavy atom. The Kier molecular flexibility index (Phi) is 8.77. The molecule has 234 valence electrons. The van der Waals surface area contributed by atoms with Crippen LogP contribution in [-0.4, -0.2) is 126 Å². The van der Waals surface area contributed by atoms with E-state index in [0.717, 1.165) is 18.2 Å². The van der Waals surface area contributed by atoms with Crippen LogP contribution in [0.4, 0.5) is 0 Å². The van der Waals surface area contributed by atoms with E-state index in [1.165, 1.54) is 18.2 Å². The first-order valence-electron chi connectivity index (χ1n) is 13.0. The molecule has 10 N–H and O–H groups in total. The molecule has 0 aliphatic carbocycles. The Hall–Kier alpha value is -3.55. The normalized spacial score (nSPS) is 33.0. The Balaban J connectivity index is 1.38. The monoisotopic (exact) mass is 610 g/mol. The maximum Gasteiger partial charge on any atom is 0.229 e. The molecule has 2 saturated heterocycles. The van der Waals surface area contributed by atoms with Gasteiger partial charge in [-0.05, 0) is 18.2 Å². The van der Waals surface area contributed by atoms with Gasteiger partial charge in [0.2, 0.25) is 6.29 Å². The van der Waals surface area contributed by atoms with Gasteiger partial charge in [-0.2, -0.15) is 0 Å². The number of aromatic hydroxyl groups is 3. The van der Waals surface area contributed by atoms with Gasteiger partial charge in [-0.3, -0.25) is 4.79 Å². The third-order valence-electron chi connectivity index (χ3n) is 7.26. The zero-order valence-electron chi connectivity index (χ0n) is 22.1. The van der Waals surface area contributed by atoms with Crippen LogP contribution in [0.25, 0.3) is 22.3 Å². The Labute approximate surface area is 241 Å². The molecule has 2 fully saturated rings. The predicted octanol–water partition coefficient (Wildman–Crippen LogP) is -2.42. The smallest absolute Gasteiger partial charge is 0.229 e. The first kappa shape index (κ1) is 30.9. The third kappa shape index (κ3) is 5.85. The number of ether oxygens (including phenoxy) is 4. The van der Waals surface area contributed by atoms with E-state index in [9.17, 15) is 55.9 Å². The molecule has 1 aromatic heterocycles. The third-order valence-corrected chi connectivity index (χ3v) is 7.26. The van der Waals surface area contributed by atoms with E-state index >= 15 is 0 Å². The summed E-state index contributed by atoms with van der Waals surface area (Å²) in [5.74, 6) is -1.64. The van der Waals surface area contributed by atoms with Gasteiger partial charge in [-0.25, -0.2) is 0 Å². The van der Waals surface area contributed by atoms with Crippen LogP contribution in [0, 0.1) is 0 Å². The summed E-state index contributed by atoms with van der Waals surface area (Å²) in [4.78, 5) is 12.7. The van der Waals surface area contributed by atoms with E-state index in [0.29, 0.717) is 0 Å². The molecule has 43 heavy (non-hydrogen) atoms. The summed E-state index contributed by atoms with van der Waals surface area (Å²) in [5, 5.41) is 101. The Bertz CT molecular complexity index is 1500. The second kappa shape index (κ2) is 12.2. The minimum atomic E-state index is -1.87. The van der Waals surface area contributed by atoms with Crippen molar-refractivity contribution < 1.29 is 74.4 Å². The maximum atomic E-state index is 12.7. The van der Waals surface area contributed by atoms with Crippen molar-refractivity contribution in [3.8, 4) is 34.3 Å². The number of phenolic OH excluding ortho intramolecular Hbond substituents is 3. The van der Waals surface area contributed by atoms with Gasteiger partial charge >= 0.3 is 0 Å².